The SMILES string of the molecule is CCC1CCN(CCCC(C)(C#N)NC)CC1. The molecule has 1 aliphatic heterocycles. The van der Waals surface area contributed by atoms with E-state index >= 15 is 0 Å². The number of hydrogen-bond acceptors (Lipinski definition) is 3. The minimum Gasteiger partial charge on any atom is -0.303 e. The fourth-order valence-corrected chi connectivity index (χ4v) is 2.51. The van der Waals surface area contributed by atoms with Crippen LogP contribution >= 0.6 is 0 Å². The standard InChI is InChI=1S/C14H27N3/c1-4-13-6-10-17(11-7-13)9-5-8-14(2,12-15)16-3/h13,16H,4-11H2,1-3H3. The molecular formula is C14H27N3. The minimum atomic E-state index is -0.345. The summed E-state index contributed by atoms with van der Waals surface area (Å²) in [6.45, 7) is 7.93. The second-order valence-corrected chi connectivity index (χ2v) is 5.49. The van der Waals surface area contributed by atoms with Crippen LogP contribution < -0.4 is 5.32 Å². The van der Waals surface area contributed by atoms with Crippen molar-refractivity contribution in [2.45, 2.75) is 51.5 Å². The Morgan fingerprint density at radius 1 is 1.41 bits per heavy atom. The van der Waals surface area contributed by atoms with Crippen LogP contribution in [0.3, 0.4) is 0 Å². The number of nitrogens with one attached hydrogen (secondary N) is 1. The summed E-state index contributed by atoms with van der Waals surface area (Å²) in [4.78, 5) is 2.56. The third-order valence-electron chi connectivity index (χ3n) is 4.23. The molecule has 1 rings (SSSR count). The van der Waals surface area contributed by atoms with Gasteiger partial charge in [0.25, 0.3) is 0 Å². The van der Waals surface area contributed by atoms with Crippen molar-refractivity contribution in [2.24, 2.45) is 5.92 Å². The van der Waals surface area contributed by atoms with Crippen LogP contribution in [0.25, 0.3) is 0 Å². The van der Waals surface area contributed by atoms with Crippen LogP contribution in [0.4, 0.5) is 0 Å². The molecule has 0 radical (unpaired) electrons. The molecule has 1 unspecified atom stereocenters. The van der Waals surface area contributed by atoms with E-state index in [1.165, 1.54) is 32.4 Å². The summed E-state index contributed by atoms with van der Waals surface area (Å²) in [5.74, 6) is 0.952. The van der Waals surface area contributed by atoms with Crippen LogP contribution in [0.15, 0.2) is 0 Å². The summed E-state index contributed by atoms with van der Waals surface area (Å²) < 4.78 is 0. The molecule has 1 atom stereocenters. The van der Waals surface area contributed by atoms with E-state index in [0.29, 0.717) is 0 Å². The molecule has 0 aromatic rings. The van der Waals surface area contributed by atoms with Crippen molar-refractivity contribution in [3.05, 3.63) is 0 Å². The normalized spacial score (nSPS) is 22.0. The highest BCUT2D eigenvalue weighted by atomic mass is 15.1. The first kappa shape index (κ1) is 14.5. The van der Waals surface area contributed by atoms with E-state index in [9.17, 15) is 0 Å². The number of nitrogens with zero attached hydrogens (tertiary/aromatic N) is 2. The predicted octanol–water partition coefficient (Wildman–Crippen LogP) is 2.39. The molecule has 0 spiro atoms. The fourth-order valence-electron chi connectivity index (χ4n) is 2.51. The molecular weight excluding hydrogens is 210 g/mol. The third kappa shape index (κ3) is 4.65. The lowest BCUT2D eigenvalue weighted by molar-refractivity contribution is 0.176. The Kier molecular flexibility index (Phi) is 5.94. The van der Waals surface area contributed by atoms with Crippen molar-refractivity contribution in [1.82, 2.24) is 10.2 Å². The quantitative estimate of drug-likeness (QED) is 0.771. The van der Waals surface area contributed by atoms with Crippen LogP contribution in [0.5, 0.6) is 0 Å². The van der Waals surface area contributed by atoms with Gasteiger partial charge in [-0.15, -0.1) is 0 Å². The van der Waals surface area contributed by atoms with Crippen molar-refractivity contribution >= 4 is 0 Å². The van der Waals surface area contributed by atoms with Gasteiger partial charge in [-0.05, 0) is 65.2 Å². The average molecular weight is 237 g/mol. The fraction of sp³-hybridized carbons (Fsp3) is 0.929. The first-order valence-corrected chi connectivity index (χ1v) is 6.96. The maximum absolute atomic E-state index is 9.06. The number of piperidine rings is 1. The first-order valence-electron chi connectivity index (χ1n) is 6.96. The van der Waals surface area contributed by atoms with Crippen LogP contribution in [0, 0.1) is 17.2 Å². The summed E-state index contributed by atoms with van der Waals surface area (Å²) in [6, 6.07) is 2.35. The maximum Gasteiger partial charge on any atom is 0.103 e. The van der Waals surface area contributed by atoms with Gasteiger partial charge >= 0.3 is 0 Å². The molecule has 0 bridgehead atoms. The number of likely N-dealkylation sites (tertiary alicyclic amines) is 1. The van der Waals surface area contributed by atoms with Gasteiger partial charge < -0.3 is 10.2 Å². The molecule has 0 aromatic carbocycles. The Morgan fingerprint density at radius 2 is 2.06 bits per heavy atom. The molecule has 0 aromatic heterocycles. The zero-order valence-corrected chi connectivity index (χ0v) is 11.6. The Bertz CT molecular complexity index is 251. The Balaban J connectivity index is 2.18. The molecule has 0 saturated carbocycles. The van der Waals surface area contributed by atoms with Crippen molar-refractivity contribution < 1.29 is 0 Å². The maximum atomic E-state index is 9.06. The molecule has 3 heteroatoms. The molecule has 1 fully saturated rings. The van der Waals surface area contributed by atoms with Gasteiger partial charge in [0.1, 0.15) is 5.54 Å². The molecule has 0 aliphatic carbocycles. The summed E-state index contributed by atoms with van der Waals surface area (Å²) >= 11 is 0. The van der Waals surface area contributed by atoms with E-state index in [1.807, 2.05) is 14.0 Å². The van der Waals surface area contributed by atoms with Gasteiger partial charge in [-0.25, -0.2) is 0 Å². The lowest BCUT2D eigenvalue weighted by atomic mass is 9.93. The largest absolute Gasteiger partial charge is 0.303 e. The lowest BCUT2D eigenvalue weighted by Gasteiger charge is -2.32. The Labute approximate surface area is 106 Å². The molecule has 3 nitrogen and oxygen atoms in total. The Hall–Kier alpha value is -0.590. The van der Waals surface area contributed by atoms with Crippen molar-refractivity contribution in [1.29, 1.82) is 5.26 Å². The van der Waals surface area contributed by atoms with Gasteiger partial charge in [0, 0.05) is 0 Å². The van der Waals surface area contributed by atoms with Crippen LogP contribution in [-0.4, -0.2) is 37.1 Å². The second-order valence-electron chi connectivity index (χ2n) is 5.49. The van der Waals surface area contributed by atoms with Gasteiger partial charge in [-0.2, -0.15) is 5.26 Å². The van der Waals surface area contributed by atoms with E-state index < -0.39 is 0 Å². The average Bonchev–Trinajstić information content (AvgIpc) is 2.39. The number of hydrogen-bond donors (Lipinski definition) is 1. The van der Waals surface area contributed by atoms with E-state index in [1.54, 1.807) is 0 Å². The monoisotopic (exact) mass is 237 g/mol. The molecule has 1 heterocycles. The highest BCUT2D eigenvalue weighted by molar-refractivity contribution is 5.02. The van der Waals surface area contributed by atoms with Gasteiger partial charge in [-0.3, -0.25) is 0 Å². The number of rotatable bonds is 6. The number of nitriles is 1. The first-order chi connectivity index (χ1) is 8.13. The smallest absolute Gasteiger partial charge is 0.103 e. The van der Waals surface area contributed by atoms with Crippen molar-refractivity contribution in [2.75, 3.05) is 26.7 Å². The van der Waals surface area contributed by atoms with Crippen LogP contribution in [-0.2, 0) is 0 Å². The Morgan fingerprint density at radius 3 is 2.53 bits per heavy atom. The molecule has 1 N–H and O–H groups in total. The van der Waals surface area contributed by atoms with Crippen LogP contribution in [0.1, 0.15) is 46.0 Å². The summed E-state index contributed by atoms with van der Waals surface area (Å²) in [7, 11) is 1.87. The summed E-state index contributed by atoms with van der Waals surface area (Å²) in [5, 5.41) is 12.2. The van der Waals surface area contributed by atoms with Gasteiger partial charge in [0.15, 0.2) is 0 Å². The van der Waals surface area contributed by atoms with E-state index in [-0.39, 0.29) is 5.54 Å². The van der Waals surface area contributed by atoms with Gasteiger partial charge in [-0.1, -0.05) is 13.3 Å². The zero-order valence-electron chi connectivity index (χ0n) is 11.6. The highest BCUT2D eigenvalue weighted by Gasteiger charge is 2.22. The van der Waals surface area contributed by atoms with Gasteiger partial charge in [0.2, 0.25) is 0 Å². The molecule has 0 amide bonds. The van der Waals surface area contributed by atoms with E-state index in [0.717, 1.165) is 25.3 Å². The summed E-state index contributed by atoms with van der Waals surface area (Å²) in [5.41, 5.74) is -0.345. The van der Waals surface area contributed by atoms with Crippen molar-refractivity contribution in [3.8, 4) is 6.07 Å². The van der Waals surface area contributed by atoms with Crippen LogP contribution in [0.2, 0.25) is 0 Å². The van der Waals surface area contributed by atoms with E-state index in [4.69, 9.17) is 5.26 Å². The lowest BCUT2D eigenvalue weighted by Crippen LogP contribution is -2.40. The van der Waals surface area contributed by atoms with E-state index in [2.05, 4.69) is 23.2 Å². The molecule has 17 heavy (non-hydrogen) atoms. The summed E-state index contributed by atoms with van der Waals surface area (Å²) in [6.07, 6.45) is 6.10. The predicted molar refractivity (Wildman–Crippen MR) is 71.8 cm³/mol. The second kappa shape index (κ2) is 6.98. The molecule has 1 saturated heterocycles. The van der Waals surface area contributed by atoms with Crippen molar-refractivity contribution in [3.63, 3.8) is 0 Å². The topological polar surface area (TPSA) is 39.1 Å². The minimum absolute atomic E-state index is 0.345. The third-order valence-corrected chi connectivity index (χ3v) is 4.23. The molecule has 1 aliphatic rings. The zero-order chi connectivity index (χ0) is 12.7. The highest BCUT2D eigenvalue weighted by Crippen LogP contribution is 2.20. The van der Waals surface area contributed by atoms with Gasteiger partial charge in [0.05, 0.1) is 6.07 Å². The molecule has 98 valence electrons.